The first-order valence-corrected chi connectivity index (χ1v) is 8.12. The van der Waals surface area contributed by atoms with E-state index < -0.39 is 18.4 Å². The molecule has 1 aromatic heterocycles. The molecule has 1 aliphatic rings. The lowest BCUT2D eigenvalue weighted by Crippen LogP contribution is -2.37. The van der Waals surface area contributed by atoms with E-state index in [1.54, 1.807) is 0 Å². The molecule has 0 atom stereocenters. The van der Waals surface area contributed by atoms with Gasteiger partial charge in [0.25, 0.3) is 5.56 Å². The van der Waals surface area contributed by atoms with Gasteiger partial charge in [-0.05, 0) is 18.2 Å². The SMILES string of the molecule is O=C(Cc1nc(N2CCOCC2)cc(=O)[nH]1)Nc1ccc(F)cc1CF. The zero-order valence-corrected chi connectivity index (χ0v) is 13.9. The number of carbonyl (C=O) groups is 1. The molecule has 2 heterocycles. The number of alkyl halides is 1. The number of rotatable bonds is 5. The van der Waals surface area contributed by atoms with Gasteiger partial charge in [0.1, 0.15) is 24.1 Å². The number of nitrogens with zero attached hydrogens (tertiary/aromatic N) is 2. The summed E-state index contributed by atoms with van der Waals surface area (Å²) in [5.41, 5.74) is -0.136. The third-order valence-electron chi connectivity index (χ3n) is 3.93. The molecule has 0 saturated carbocycles. The minimum atomic E-state index is -0.908. The predicted molar refractivity (Wildman–Crippen MR) is 91.4 cm³/mol. The largest absolute Gasteiger partial charge is 0.378 e. The molecule has 1 fully saturated rings. The fraction of sp³-hybridized carbons (Fsp3) is 0.353. The van der Waals surface area contributed by atoms with Gasteiger partial charge in [0.05, 0.1) is 19.6 Å². The second-order valence-corrected chi connectivity index (χ2v) is 5.81. The maximum atomic E-state index is 13.1. The molecule has 3 rings (SSSR count). The van der Waals surface area contributed by atoms with Crippen molar-refractivity contribution in [3.05, 3.63) is 51.8 Å². The fourth-order valence-electron chi connectivity index (χ4n) is 2.67. The number of anilines is 2. The van der Waals surface area contributed by atoms with Gasteiger partial charge in [-0.15, -0.1) is 0 Å². The van der Waals surface area contributed by atoms with E-state index in [-0.39, 0.29) is 29.1 Å². The number of amides is 1. The van der Waals surface area contributed by atoms with E-state index in [0.717, 1.165) is 12.1 Å². The van der Waals surface area contributed by atoms with Crippen LogP contribution >= 0.6 is 0 Å². The molecule has 138 valence electrons. The van der Waals surface area contributed by atoms with Crippen molar-refractivity contribution in [2.45, 2.75) is 13.1 Å². The second-order valence-electron chi connectivity index (χ2n) is 5.81. The monoisotopic (exact) mass is 364 g/mol. The number of ether oxygens (including phenoxy) is 1. The molecule has 1 aliphatic heterocycles. The Hall–Kier alpha value is -2.81. The Bertz CT molecular complexity index is 850. The van der Waals surface area contributed by atoms with Crippen LogP contribution in [0.15, 0.2) is 29.1 Å². The van der Waals surface area contributed by atoms with Gasteiger partial charge in [-0.3, -0.25) is 9.59 Å². The van der Waals surface area contributed by atoms with Crippen LogP contribution in [0.3, 0.4) is 0 Å². The van der Waals surface area contributed by atoms with Gasteiger partial charge in [-0.1, -0.05) is 0 Å². The highest BCUT2D eigenvalue weighted by molar-refractivity contribution is 5.92. The first-order valence-electron chi connectivity index (χ1n) is 8.12. The number of halogens is 2. The van der Waals surface area contributed by atoms with Crippen molar-refractivity contribution < 1.29 is 18.3 Å². The summed E-state index contributed by atoms with van der Waals surface area (Å²) in [5, 5.41) is 2.51. The lowest BCUT2D eigenvalue weighted by Gasteiger charge is -2.27. The Labute approximate surface area is 148 Å². The number of H-pyrrole nitrogens is 1. The molecule has 2 N–H and O–H groups in total. The molecule has 7 nitrogen and oxygen atoms in total. The average molecular weight is 364 g/mol. The van der Waals surface area contributed by atoms with Gasteiger partial charge >= 0.3 is 0 Å². The number of morpholine rings is 1. The molecular formula is C17H18F2N4O3. The molecule has 0 aliphatic carbocycles. The van der Waals surface area contributed by atoms with Crippen molar-refractivity contribution in [3.8, 4) is 0 Å². The fourth-order valence-corrected chi connectivity index (χ4v) is 2.67. The molecule has 0 radical (unpaired) electrons. The van der Waals surface area contributed by atoms with Crippen molar-refractivity contribution in [2.24, 2.45) is 0 Å². The van der Waals surface area contributed by atoms with E-state index >= 15 is 0 Å². The first kappa shape index (κ1) is 18.0. The zero-order chi connectivity index (χ0) is 18.5. The Morgan fingerprint density at radius 2 is 2.08 bits per heavy atom. The number of benzene rings is 1. The minimum absolute atomic E-state index is 0.0434. The summed E-state index contributed by atoms with van der Waals surface area (Å²) in [6, 6.07) is 4.82. The molecular weight excluding hydrogens is 346 g/mol. The quantitative estimate of drug-likeness (QED) is 0.837. The van der Waals surface area contributed by atoms with Crippen LogP contribution in [-0.4, -0.2) is 42.2 Å². The van der Waals surface area contributed by atoms with Crippen molar-refractivity contribution in [3.63, 3.8) is 0 Å². The molecule has 9 heteroatoms. The maximum absolute atomic E-state index is 13.1. The van der Waals surface area contributed by atoms with E-state index in [4.69, 9.17) is 4.74 Å². The standard InChI is InChI=1S/C17H18F2N4O3/c18-10-11-7-12(19)1-2-13(11)20-16(24)8-14-21-15(9-17(25)22-14)23-3-5-26-6-4-23/h1-2,7,9H,3-6,8,10H2,(H,20,24)(H,21,22,25). The van der Waals surface area contributed by atoms with E-state index in [1.807, 2.05) is 4.90 Å². The summed E-state index contributed by atoms with van der Waals surface area (Å²) < 4.78 is 31.4. The molecule has 0 bridgehead atoms. The average Bonchev–Trinajstić information content (AvgIpc) is 2.63. The number of nitrogens with one attached hydrogen (secondary N) is 2. The minimum Gasteiger partial charge on any atom is -0.378 e. The number of aromatic amines is 1. The van der Waals surface area contributed by atoms with Crippen LogP contribution in [0, 0.1) is 5.82 Å². The number of carbonyl (C=O) groups excluding carboxylic acids is 1. The Morgan fingerprint density at radius 3 is 2.81 bits per heavy atom. The maximum Gasteiger partial charge on any atom is 0.252 e. The van der Waals surface area contributed by atoms with Gasteiger partial charge in [-0.2, -0.15) is 0 Å². The highest BCUT2D eigenvalue weighted by Gasteiger charge is 2.16. The molecule has 0 spiro atoms. The molecule has 26 heavy (non-hydrogen) atoms. The van der Waals surface area contributed by atoms with E-state index in [2.05, 4.69) is 15.3 Å². The van der Waals surface area contributed by atoms with Gasteiger partial charge < -0.3 is 19.9 Å². The summed E-state index contributed by atoms with van der Waals surface area (Å²) >= 11 is 0. The number of hydrogen-bond donors (Lipinski definition) is 2. The molecule has 1 aromatic carbocycles. The van der Waals surface area contributed by atoms with E-state index in [9.17, 15) is 18.4 Å². The van der Waals surface area contributed by atoms with Crippen LogP contribution < -0.4 is 15.8 Å². The Balaban J connectivity index is 1.73. The van der Waals surface area contributed by atoms with E-state index in [1.165, 1.54) is 12.1 Å². The van der Waals surface area contributed by atoms with Crippen LogP contribution in [0.1, 0.15) is 11.4 Å². The van der Waals surface area contributed by atoms with E-state index in [0.29, 0.717) is 32.1 Å². The van der Waals surface area contributed by atoms with Gasteiger partial charge in [0, 0.05) is 30.4 Å². The van der Waals surface area contributed by atoms with Crippen molar-refractivity contribution in [1.82, 2.24) is 9.97 Å². The topological polar surface area (TPSA) is 87.3 Å². The van der Waals surface area contributed by atoms with Crippen LogP contribution in [-0.2, 0) is 22.6 Å². The molecule has 1 amide bonds. The first-order chi connectivity index (χ1) is 12.5. The third kappa shape index (κ3) is 4.42. The van der Waals surface area contributed by atoms with Gasteiger partial charge in [0.2, 0.25) is 5.91 Å². The summed E-state index contributed by atoms with van der Waals surface area (Å²) in [4.78, 5) is 32.8. The van der Waals surface area contributed by atoms with Gasteiger partial charge in [0.15, 0.2) is 0 Å². The molecule has 1 saturated heterocycles. The highest BCUT2D eigenvalue weighted by Crippen LogP contribution is 2.18. The Morgan fingerprint density at radius 1 is 1.31 bits per heavy atom. The van der Waals surface area contributed by atoms with Crippen molar-refractivity contribution >= 4 is 17.4 Å². The second kappa shape index (κ2) is 8.05. The normalized spacial score (nSPS) is 14.3. The molecule has 0 unspecified atom stereocenters. The van der Waals surface area contributed by atoms with Crippen LogP contribution in [0.25, 0.3) is 0 Å². The molecule has 2 aromatic rings. The zero-order valence-electron chi connectivity index (χ0n) is 13.9. The van der Waals surface area contributed by atoms with Crippen molar-refractivity contribution in [2.75, 3.05) is 36.5 Å². The summed E-state index contributed by atoms with van der Waals surface area (Å²) in [6.07, 6.45) is -0.198. The van der Waals surface area contributed by atoms with Crippen molar-refractivity contribution in [1.29, 1.82) is 0 Å². The van der Waals surface area contributed by atoms with Crippen LogP contribution in [0.5, 0.6) is 0 Å². The van der Waals surface area contributed by atoms with Gasteiger partial charge in [-0.25, -0.2) is 13.8 Å². The summed E-state index contributed by atoms with van der Waals surface area (Å²) in [7, 11) is 0. The third-order valence-corrected chi connectivity index (χ3v) is 3.93. The Kier molecular flexibility index (Phi) is 5.57. The van der Waals surface area contributed by atoms with Crippen LogP contribution in [0.4, 0.5) is 20.3 Å². The lowest BCUT2D eigenvalue weighted by atomic mass is 10.2. The number of hydrogen-bond acceptors (Lipinski definition) is 5. The van der Waals surface area contributed by atoms with Crippen LogP contribution in [0.2, 0.25) is 0 Å². The highest BCUT2D eigenvalue weighted by atomic mass is 19.1. The lowest BCUT2D eigenvalue weighted by molar-refractivity contribution is -0.115. The smallest absolute Gasteiger partial charge is 0.252 e. The number of aromatic nitrogens is 2. The predicted octanol–water partition coefficient (Wildman–Crippen LogP) is 1.40. The summed E-state index contributed by atoms with van der Waals surface area (Å²) in [6.45, 7) is 1.39. The summed E-state index contributed by atoms with van der Waals surface area (Å²) in [5.74, 6) is -0.403.